The van der Waals surface area contributed by atoms with E-state index in [1.54, 1.807) is 0 Å². The summed E-state index contributed by atoms with van der Waals surface area (Å²) in [6.07, 6.45) is 2.87. The molecule has 0 aliphatic carbocycles. The van der Waals surface area contributed by atoms with Crippen molar-refractivity contribution in [1.82, 2.24) is 0 Å². The minimum absolute atomic E-state index is 0.0453. The van der Waals surface area contributed by atoms with Crippen LogP contribution in [0.4, 0.5) is 0 Å². The Morgan fingerprint density at radius 1 is 0.958 bits per heavy atom. The maximum atomic E-state index is 12.4. The van der Waals surface area contributed by atoms with Crippen molar-refractivity contribution < 1.29 is 9.53 Å². The third-order valence-corrected chi connectivity index (χ3v) is 3.67. The van der Waals surface area contributed by atoms with Crippen LogP contribution < -0.4 is 0 Å². The number of nitriles is 1. The largest absolute Gasteiger partial charge is 0.462 e. The average molecular weight is 319 g/mol. The van der Waals surface area contributed by atoms with Crippen LogP contribution in [0.1, 0.15) is 37.3 Å². The van der Waals surface area contributed by atoms with E-state index in [-0.39, 0.29) is 5.57 Å². The van der Waals surface area contributed by atoms with Gasteiger partial charge < -0.3 is 4.74 Å². The molecule has 0 heterocycles. The van der Waals surface area contributed by atoms with Gasteiger partial charge in [0.2, 0.25) is 0 Å². The van der Waals surface area contributed by atoms with Crippen molar-refractivity contribution in [2.24, 2.45) is 0 Å². The number of ether oxygens (including phenoxy) is 1. The molecule has 0 aliphatic heterocycles. The van der Waals surface area contributed by atoms with Gasteiger partial charge in [0.15, 0.2) is 0 Å². The highest BCUT2D eigenvalue weighted by Gasteiger charge is 2.19. The molecule has 2 aromatic carbocycles. The first-order valence-corrected chi connectivity index (χ1v) is 8.20. The van der Waals surface area contributed by atoms with E-state index >= 15 is 0 Å². The van der Waals surface area contributed by atoms with Gasteiger partial charge in [0, 0.05) is 5.57 Å². The fraction of sp³-hybridized carbons (Fsp3) is 0.238. The van der Waals surface area contributed by atoms with Crippen LogP contribution in [0.2, 0.25) is 0 Å². The first kappa shape index (κ1) is 17.5. The minimum Gasteiger partial charge on any atom is -0.462 e. The van der Waals surface area contributed by atoms with Crippen molar-refractivity contribution in [3.63, 3.8) is 0 Å². The lowest BCUT2D eigenvalue weighted by Gasteiger charge is -2.11. The van der Waals surface area contributed by atoms with Gasteiger partial charge in [-0.3, -0.25) is 0 Å². The molecule has 0 N–H and O–H groups in total. The number of hydrogen-bond donors (Lipinski definition) is 0. The van der Waals surface area contributed by atoms with Crippen molar-refractivity contribution in [2.75, 3.05) is 6.61 Å². The highest BCUT2D eigenvalue weighted by Crippen LogP contribution is 2.27. The third-order valence-electron chi connectivity index (χ3n) is 3.67. The Balaban J connectivity index is 2.41. The number of nitrogens with zero attached hydrogens (tertiary/aromatic N) is 1. The molecular formula is C21H21NO2. The first-order valence-electron chi connectivity index (χ1n) is 8.20. The summed E-state index contributed by atoms with van der Waals surface area (Å²) in [6, 6.07) is 21.0. The van der Waals surface area contributed by atoms with Gasteiger partial charge in [-0.2, -0.15) is 5.26 Å². The van der Waals surface area contributed by atoms with Crippen LogP contribution >= 0.6 is 0 Å². The second-order valence-electron chi connectivity index (χ2n) is 5.44. The molecule has 2 rings (SSSR count). The van der Waals surface area contributed by atoms with Crippen molar-refractivity contribution in [2.45, 2.75) is 26.2 Å². The van der Waals surface area contributed by atoms with E-state index < -0.39 is 5.97 Å². The van der Waals surface area contributed by atoms with Crippen LogP contribution in [0, 0.1) is 11.3 Å². The molecule has 0 radical (unpaired) electrons. The molecule has 0 amide bonds. The molecule has 0 saturated heterocycles. The fourth-order valence-electron chi connectivity index (χ4n) is 2.46. The zero-order chi connectivity index (χ0) is 17.2. The average Bonchev–Trinajstić information content (AvgIpc) is 2.64. The van der Waals surface area contributed by atoms with Crippen LogP contribution in [-0.4, -0.2) is 12.6 Å². The summed E-state index contributed by atoms with van der Waals surface area (Å²) in [5.41, 5.74) is 2.31. The predicted molar refractivity (Wildman–Crippen MR) is 95.0 cm³/mol. The van der Waals surface area contributed by atoms with E-state index in [4.69, 9.17) is 4.74 Å². The van der Waals surface area contributed by atoms with E-state index in [0.717, 1.165) is 30.4 Å². The lowest BCUT2D eigenvalue weighted by Crippen LogP contribution is -2.10. The molecule has 0 bridgehead atoms. The quantitative estimate of drug-likeness (QED) is 0.320. The molecule has 3 nitrogen and oxygen atoms in total. The van der Waals surface area contributed by atoms with Gasteiger partial charge in [-0.1, -0.05) is 80.4 Å². The topological polar surface area (TPSA) is 50.1 Å². The zero-order valence-corrected chi connectivity index (χ0v) is 13.9. The highest BCUT2D eigenvalue weighted by molar-refractivity contribution is 6.05. The first-order chi connectivity index (χ1) is 11.8. The number of carbonyl (C=O) groups is 1. The van der Waals surface area contributed by atoms with Gasteiger partial charge in [-0.05, 0) is 17.5 Å². The molecule has 2 aromatic rings. The number of unbranched alkanes of at least 4 members (excludes halogenated alkanes) is 2. The van der Waals surface area contributed by atoms with E-state index in [1.165, 1.54) is 0 Å². The lowest BCUT2D eigenvalue weighted by molar-refractivity contribution is -0.138. The van der Waals surface area contributed by atoms with E-state index in [1.807, 2.05) is 66.7 Å². The number of hydrogen-bond acceptors (Lipinski definition) is 3. The zero-order valence-electron chi connectivity index (χ0n) is 13.9. The Labute approximate surface area is 143 Å². The Morgan fingerprint density at radius 3 is 1.96 bits per heavy atom. The summed E-state index contributed by atoms with van der Waals surface area (Å²) in [7, 11) is 0. The SMILES string of the molecule is CCCCCOC(=O)C(C#N)=C(c1ccccc1)c1ccccc1. The summed E-state index contributed by atoms with van der Waals surface area (Å²) in [5, 5.41) is 9.58. The maximum Gasteiger partial charge on any atom is 0.349 e. The van der Waals surface area contributed by atoms with Crippen LogP contribution in [0.25, 0.3) is 5.57 Å². The highest BCUT2D eigenvalue weighted by atomic mass is 16.5. The molecule has 24 heavy (non-hydrogen) atoms. The summed E-state index contributed by atoms with van der Waals surface area (Å²) < 4.78 is 5.30. The number of rotatable bonds is 7. The Morgan fingerprint density at radius 2 is 1.50 bits per heavy atom. The second kappa shape index (κ2) is 9.32. The van der Waals surface area contributed by atoms with Crippen LogP contribution in [0.3, 0.4) is 0 Å². The van der Waals surface area contributed by atoms with Crippen LogP contribution in [0.15, 0.2) is 66.2 Å². The number of benzene rings is 2. The van der Waals surface area contributed by atoms with Crippen molar-refractivity contribution in [3.05, 3.63) is 77.4 Å². The monoisotopic (exact) mass is 319 g/mol. The molecule has 0 aromatic heterocycles. The third kappa shape index (κ3) is 4.57. The Hall–Kier alpha value is -2.86. The van der Waals surface area contributed by atoms with Crippen LogP contribution in [-0.2, 0) is 9.53 Å². The number of esters is 1. The molecular weight excluding hydrogens is 298 g/mol. The van der Waals surface area contributed by atoms with E-state index in [0.29, 0.717) is 12.2 Å². The van der Waals surface area contributed by atoms with Crippen molar-refractivity contribution in [1.29, 1.82) is 5.26 Å². The van der Waals surface area contributed by atoms with Gasteiger partial charge >= 0.3 is 5.97 Å². The van der Waals surface area contributed by atoms with Crippen LogP contribution in [0.5, 0.6) is 0 Å². The minimum atomic E-state index is -0.559. The molecule has 0 saturated carbocycles. The van der Waals surface area contributed by atoms with Gasteiger partial charge in [-0.15, -0.1) is 0 Å². The Kier molecular flexibility index (Phi) is 6.79. The van der Waals surface area contributed by atoms with Crippen molar-refractivity contribution >= 4 is 11.5 Å². The summed E-state index contributed by atoms with van der Waals surface area (Å²) >= 11 is 0. The normalized spacial score (nSPS) is 9.83. The van der Waals surface area contributed by atoms with E-state index in [9.17, 15) is 10.1 Å². The molecule has 0 aliphatic rings. The van der Waals surface area contributed by atoms with Gasteiger partial charge in [0.1, 0.15) is 11.6 Å². The van der Waals surface area contributed by atoms with Gasteiger partial charge in [0.25, 0.3) is 0 Å². The fourth-order valence-corrected chi connectivity index (χ4v) is 2.46. The predicted octanol–water partition coefficient (Wildman–Crippen LogP) is 4.75. The lowest BCUT2D eigenvalue weighted by atomic mass is 9.93. The summed E-state index contributed by atoms with van der Waals surface area (Å²) in [4.78, 5) is 12.4. The smallest absolute Gasteiger partial charge is 0.349 e. The Bertz CT molecular complexity index is 686. The molecule has 122 valence electrons. The summed E-state index contributed by atoms with van der Waals surface area (Å²) in [6.45, 7) is 2.43. The molecule has 0 unspecified atom stereocenters. The maximum absolute atomic E-state index is 12.4. The van der Waals surface area contributed by atoms with Crippen molar-refractivity contribution in [3.8, 4) is 6.07 Å². The molecule has 3 heteroatoms. The standard InChI is InChI=1S/C21H21NO2/c1-2-3-10-15-24-21(23)19(16-22)20(17-11-6-4-7-12-17)18-13-8-5-9-14-18/h4-9,11-14H,2-3,10,15H2,1H3. The second-order valence-corrected chi connectivity index (χ2v) is 5.44. The summed E-state index contributed by atoms with van der Waals surface area (Å²) in [5.74, 6) is -0.559. The molecule has 0 spiro atoms. The molecule has 0 fully saturated rings. The van der Waals surface area contributed by atoms with E-state index in [2.05, 4.69) is 6.92 Å². The van der Waals surface area contributed by atoms with Gasteiger partial charge in [0.05, 0.1) is 6.61 Å². The molecule has 0 atom stereocenters. The van der Waals surface area contributed by atoms with Gasteiger partial charge in [-0.25, -0.2) is 4.79 Å². The number of carbonyl (C=O) groups excluding carboxylic acids is 1.